The minimum Gasteiger partial charge on any atom is -0.122 e. The molecule has 0 atom stereocenters. The van der Waals surface area contributed by atoms with Crippen molar-refractivity contribution in [2.24, 2.45) is 0 Å². The number of hydrogen-bond acceptors (Lipinski definition) is 0. The fraction of sp³-hybridized carbons (Fsp3) is 1.00. The minimum absolute atomic E-state index is 0. The van der Waals surface area contributed by atoms with Crippen LogP contribution in [0.2, 0.25) is 0 Å². The van der Waals surface area contributed by atoms with Crippen molar-refractivity contribution in [2.75, 3.05) is 24.6 Å². The average molecular weight is 338 g/mol. The van der Waals surface area contributed by atoms with Gasteiger partial charge in [-0.15, -0.1) is 17.2 Å². The van der Waals surface area contributed by atoms with Crippen molar-refractivity contribution in [1.82, 2.24) is 0 Å². The van der Waals surface area contributed by atoms with Crippen LogP contribution in [0.15, 0.2) is 0 Å². The van der Waals surface area contributed by atoms with Gasteiger partial charge in [0.1, 0.15) is 0 Å². The molecule has 0 spiro atoms. The van der Waals surface area contributed by atoms with E-state index in [4.69, 9.17) is 0 Å². The van der Waals surface area contributed by atoms with Gasteiger partial charge >= 0.3 is 0 Å². The van der Waals surface area contributed by atoms with E-state index < -0.39 is 0 Å². The van der Waals surface area contributed by atoms with E-state index in [0.717, 1.165) is 0 Å². The third-order valence-corrected chi connectivity index (χ3v) is 5.12. The van der Waals surface area contributed by atoms with Crippen molar-refractivity contribution in [2.45, 2.75) is 53.4 Å². The monoisotopic (exact) mass is 338 g/mol. The van der Waals surface area contributed by atoms with Gasteiger partial charge in [0, 0.05) is 37.1 Å². The summed E-state index contributed by atoms with van der Waals surface area (Å²) in [5.74, 6) is 0. The summed E-state index contributed by atoms with van der Waals surface area (Å²) >= 11 is 0. The molecule has 0 saturated carbocycles. The Balaban J connectivity index is -0.0000000800. The maximum absolute atomic E-state index is 2.25. The van der Waals surface area contributed by atoms with E-state index in [1.807, 2.05) is 0 Å². The number of rotatable bonds is 8. The molecular formula is C12H30P2V2. The predicted molar refractivity (Wildman–Crippen MR) is 77.3 cm³/mol. The summed E-state index contributed by atoms with van der Waals surface area (Å²) in [6.45, 7) is 9.01. The van der Waals surface area contributed by atoms with Gasteiger partial charge in [-0.25, -0.2) is 0 Å². The normalized spacial score (nSPS) is 8.25. The van der Waals surface area contributed by atoms with Crippen LogP contribution < -0.4 is 0 Å². The zero-order valence-electron chi connectivity index (χ0n) is 11.6. The van der Waals surface area contributed by atoms with Crippen LogP contribution in [0.25, 0.3) is 0 Å². The van der Waals surface area contributed by atoms with Crippen LogP contribution in [0.3, 0.4) is 0 Å². The van der Waals surface area contributed by atoms with Gasteiger partial charge in [0.2, 0.25) is 0 Å². The maximum Gasteiger partial charge on any atom is 0 e. The Kier molecular flexibility index (Phi) is 50.2. The van der Waals surface area contributed by atoms with Crippen LogP contribution in [0.4, 0.5) is 0 Å². The fourth-order valence-corrected chi connectivity index (χ4v) is 2.87. The molecule has 0 nitrogen and oxygen atoms in total. The molecule has 0 unspecified atom stereocenters. The van der Waals surface area contributed by atoms with E-state index in [9.17, 15) is 0 Å². The zero-order chi connectivity index (χ0) is 11.1. The van der Waals surface area contributed by atoms with Crippen LogP contribution in [0.5, 0.6) is 0 Å². The van der Waals surface area contributed by atoms with Crippen LogP contribution in [0.1, 0.15) is 53.4 Å². The Hall–Kier alpha value is 2.03. The van der Waals surface area contributed by atoms with Crippen molar-refractivity contribution in [3.63, 3.8) is 0 Å². The Morgan fingerprint density at radius 3 is 0.812 bits per heavy atom. The van der Waals surface area contributed by atoms with Crippen molar-refractivity contribution >= 4 is 17.2 Å². The van der Waals surface area contributed by atoms with Crippen LogP contribution in [0, 0.1) is 0 Å². The van der Waals surface area contributed by atoms with Crippen molar-refractivity contribution in [3.05, 3.63) is 0 Å². The first-order valence-corrected chi connectivity index (χ1v) is 9.07. The van der Waals surface area contributed by atoms with E-state index in [-0.39, 0.29) is 37.1 Å². The summed E-state index contributed by atoms with van der Waals surface area (Å²) in [5, 5.41) is 0. The second kappa shape index (κ2) is 30.2. The molecule has 0 aromatic carbocycles. The molecule has 0 aromatic rings. The topological polar surface area (TPSA) is 0 Å². The molecule has 4 heteroatoms. The SMILES string of the molecule is CCCPCCC.CCCPCCC.[V].[V]. The molecule has 0 saturated heterocycles. The van der Waals surface area contributed by atoms with Gasteiger partial charge in [0.25, 0.3) is 0 Å². The Morgan fingerprint density at radius 1 is 0.500 bits per heavy atom. The van der Waals surface area contributed by atoms with Gasteiger partial charge in [-0.1, -0.05) is 53.4 Å². The van der Waals surface area contributed by atoms with E-state index in [1.165, 1.54) is 67.5 Å². The Bertz CT molecular complexity index is 65.4. The molecule has 0 aromatic heterocycles. The molecule has 0 amide bonds. The molecule has 0 aliphatic carbocycles. The maximum atomic E-state index is 2.25. The third-order valence-electron chi connectivity index (χ3n) is 1.71. The van der Waals surface area contributed by atoms with Gasteiger partial charge in [-0.2, -0.15) is 0 Å². The average Bonchev–Trinajstić information content (AvgIpc) is 2.21. The fourth-order valence-electron chi connectivity index (χ4n) is 0.957. The van der Waals surface area contributed by atoms with E-state index in [1.54, 1.807) is 0 Å². The summed E-state index contributed by atoms with van der Waals surface area (Å²) in [7, 11) is 2.46. The molecule has 98 valence electrons. The van der Waals surface area contributed by atoms with E-state index in [2.05, 4.69) is 27.7 Å². The molecular weight excluding hydrogens is 308 g/mol. The van der Waals surface area contributed by atoms with Crippen molar-refractivity contribution in [1.29, 1.82) is 0 Å². The third kappa shape index (κ3) is 36.0. The minimum atomic E-state index is 0. The predicted octanol–water partition coefficient (Wildman–Crippen LogP) is 4.96. The second-order valence-corrected chi connectivity index (χ2v) is 6.50. The van der Waals surface area contributed by atoms with E-state index >= 15 is 0 Å². The summed E-state index contributed by atoms with van der Waals surface area (Å²) in [6, 6.07) is 0. The molecule has 0 bridgehead atoms. The van der Waals surface area contributed by atoms with Gasteiger partial charge < -0.3 is 0 Å². The summed E-state index contributed by atoms with van der Waals surface area (Å²) in [6.07, 6.45) is 11.3. The van der Waals surface area contributed by atoms with Crippen molar-refractivity contribution in [3.8, 4) is 0 Å². The molecule has 2 radical (unpaired) electrons. The van der Waals surface area contributed by atoms with Gasteiger partial charge in [0.15, 0.2) is 0 Å². The van der Waals surface area contributed by atoms with Gasteiger partial charge in [0.05, 0.1) is 0 Å². The first-order chi connectivity index (χ1) is 6.83. The standard InChI is InChI=1S/2C6H15P.2V/c2*1-3-5-7-6-4-2;;/h2*7H,3-6H2,1-2H3;;. The summed E-state index contributed by atoms with van der Waals surface area (Å²) < 4.78 is 0. The van der Waals surface area contributed by atoms with Crippen molar-refractivity contribution < 1.29 is 37.1 Å². The van der Waals surface area contributed by atoms with Crippen LogP contribution >= 0.6 is 17.2 Å². The van der Waals surface area contributed by atoms with E-state index in [0.29, 0.717) is 0 Å². The molecule has 0 fully saturated rings. The molecule has 16 heavy (non-hydrogen) atoms. The van der Waals surface area contributed by atoms with Crippen LogP contribution in [-0.4, -0.2) is 24.6 Å². The zero-order valence-corrected chi connectivity index (χ0v) is 16.3. The van der Waals surface area contributed by atoms with Gasteiger partial charge in [-0.05, 0) is 24.6 Å². The quantitative estimate of drug-likeness (QED) is 0.433. The molecule has 0 heterocycles. The smallest absolute Gasteiger partial charge is 0 e. The summed E-state index contributed by atoms with van der Waals surface area (Å²) in [5.41, 5.74) is 0. The summed E-state index contributed by atoms with van der Waals surface area (Å²) in [4.78, 5) is 0. The second-order valence-electron chi connectivity index (χ2n) is 3.50. The Morgan fingerprint density at radius 2 is 0.688 bits per heavy atom. The largest absolute Gasteiger partial charge is 0.122 e. The van der Waals surface area contributed by atoms with Gasteiger partial charge in [-0.3, -0.25) is 0 Å². The first kappa shape index (κ1) is 26.6. The molecule has 0 aliphatic rings. The molecule has 0 aliphatic heterocycles. The molecule has 0 N–H and O–H groups in total. The number of hydrogen-bond donors (Lipinski definition) is 0. The molecule has 0 rings (SSSR count). The first-order valence-electron chi connectivity index (χ1n) is 6.24. The Labute approximate surface area is 132 Å². The van der Waals surface area contributed by atoms with Crippen LogP contribution in [-0.2, 0) is 37.1 Å².